The van der Waals surface area contributed by atoms with E-state index in [0.717, 1.165) is 13.0 Å². The maximum atomic E-state index is 9.82. The molecule has 0 saturated carbocycles. The minimum Gasteiger partial charge on any atom is -0.384 e. The quantitative estimate of drug-likeness (QED) is 0.816. The Morgan fingerprint density at radius 2 is 2.23 bits per heavy atom. The molecule has 1 rings (SSSR count). The summed E-state index contributed by atoms with van der Waals surface area (Å²) in [5.41, 5.74) is -0.237. The van der Waals surface area contributed by atoms with Crippen LogP contribution in [0.5, 0.6) is 0 Å². The largest absolute Gasteiger partial charge is 0.384 e. The van der Waals surface area contributed by atoms with Crippen LogP contribution in [0.4, 0.5) is 0 Å². The summed E-state index contributed by atoms with van der Waals surface area (Å²) >= 11 is 5.92. The Hall–Kier alpha value is -0.540. The number of halogens is 1. The Labute approximate surface area is 83.3 Å². The molecule has 0 atom stereocenters. The summed E-state index contributed by atoms with van der Waals surface area (Å²) in [7, 11) is 0. The average Bonchev–Trinajstić information content (AvgIpc) is 2.31. The predicted octanol–water partition coefficient (Wildman–Crippen LogP) is 2.17. The highest BCUT2D eigenvalue weighted by atomic mass is 35.5. The van der Waals surface area contributed by atoms with Crippen molar-refractivity contribution in [2.75, 3.05) is 0 Å². The monoisotopic (exact) mass is 202 g/mol. The SMILES string of the molecule is CCCn1ncc(Cl)c1C(C)(C)O. The summed E-state index contributed by atoms with van der Waals surface area (Å²) in [6.07, 6.45) is 2.55. The van der Waals surface area contributed by atoms with E-state index in [0.29, 0.717) is 10.7 Å². The molecule has 1 aromatic heterocycles. The van der Waals surface area contributed by atoms with Crippen LogP contribution in [-0.2, 0) is 12.1 Å². The number of hydrogen-bond donors (Lipinski definition) is 1. The van der Waals surface area contributed by atoms with Crippen molar-refractivity contribution >= 4 is 11.6 Å². The van der Waals surface area contributed by atoms with Gasteiger partial charge in [0.2, 0.25) is 0 Å². The van der Waals surface area contributed by atoms with Crippen molar-refractivity contribution in [1.82, 2.24) is 9.78 Å². The van der Waals surface area contributed by atoms with Gasteiger partial charge in [0.25, 0.3) is 0 Å². The van der Waals surface area contributed by atoms with E-state index in [4.69, 9.17) is 11.6 Å². The van der Waals surface area contributed by atoms with Gasteiger partial charge in [-0.15, -0.1) is 0 Å². The first-order valence-electron chi connectivity index (χ1n) is 4.41. The molecule has 0 spiro atoms. The molecule has 0 saturated heterocycles. The molecule has 0 aliphatic rings. The highest BCUT2D eigenvalue weighted by Crippen LogP contribution is 2.27. The van der Waals surface area contributed by atoms with Crippen LogP contribution >= 0.6 is 11.6 Å². The average molecular weight is 203 g/mol. The molecule has 0 aromatic carbocycles. The number of aliphatic hydroxyl groups is 1. The Bertz CT molecular complexity index is 288. The Morgan fingerprint density at radius 1 is 1.62 bits per heavy atom. The van der Waals surface area contributed by atoms with Crippen LogP contribution in [-0.4, -0.2) is 14.9 Å². The zero-order valence-corrected chi connectivity index (χ0v) is 8.97. The van der Waals surface area contributed by atoms with Crippen LogP contribution in [0.2, 0.25) is 5.02 Å². The van der Waals surface area contributed by atoms with Crippen LogP contribution < -0.4 is 0 Å². The summed E-state index contributed by atoms with van der Waals surface area (Å²) in [5, 5.41) is 14.4. The lowest BCUT2D eigenvalue weighted by atomic mass is 10.1. The first-order chi connectivity index (χ1) is 5.96. The van der Waals surface area contributed by atoms with E-state index in [1.807, 2.05) is 0 Å². The van der Waals surface area contributed by atoms with Crippen LogP contribution in [0, 0.1) is 0 Å². The van der Waals surface area contributed by atoms with E-state index >= 15 is 0 Å². The van der Waals surface area contributed by atoms with E-state index in [-0.39, 0.29) is 0 Å². The van der Waals surface area contributed by atoms with Crippen molar-refractivity contribution in [2.24, 2.45) is 0 Å². The number of aromatic nitrogens is 2. The summed E-state index contributed by atoms with van der Waals surface area (Å²) in [4.78, 5) is 0. The topological polar surface area (TPSA) is 38.0 Å². The molecule has 0 bridgehead atoms. The summed E-state index contributed by atoms with van der Waals surface area (Å²) < 4.78 is 1.75. The van der Waals surface area contributed by atoms with Crippen molar-refractivity contribution in [3.8, 4) is 0 Å². The first kappa shape index (κ1) is 10.5. The zero-order chi connectivity index (χ0) is 10.1. The molecule has 0 radical (unpaired) electrons. The molecule has 1 N–H and O–H groups in total. The maximum absolute atomic E-state index is 9.82. The maximum Gasteiger partial charge on any atom is 0.102 e. The molecular weight excluding hydrogens is 188 g/mol. The van der Waals surface area contributed by atoms with Crippen molar-refractivity contribution in [2.45, 2.75) is 39.3 Å². The van der Waals surface area contributed by atoms with Gasteiger partial charge in [0.05, 0.1) is 16.9 Å². The van der Waals surface area contributed by atoms with Crippen LogP contribution in [0.1, 0.15) is 32.9 Å². The van der Waals surface area contributed by atoms with E-state index in [1.165, 1.54) is 0 Å². The normalized spacial score (nSPS) is 12.1. The minimum absolute atomic E-state index is 0.529. The molecule has 0 aliphatic carbocycles. The van der Waals surface area contributed by atoms with Gasteiger partial charge >= 0.3 is 0 Å². The Kier molecular flexibility index (Phi) is 2.98. The van der Waals surface area contributed by atoms with Gasteiger partial charge in [0.1, 0.15) is 5.60 Å². The molecule has 0 amide bonds. The van der Waals surface area contributed by atoms with Crippen LogP contribution in [0.25, 0.3) is 0 Å². The fourth-order valence-electron chi connectivity index (χ4n) is 1.35. The fourth-order valence-corrected chi connectivity index (χ4v) is 1.72. The molecule has 0 unspecified atom stereocenters. The van der Waals surface area contributed by atoms with Gasteiger partial charge in [0.15, 0.2) is 0 Å². The number of aryl methyl sites for hydroxylation is 1. The third kappa shape index (κ3) is 2.23. The van der Waals surface area contributed by atoms with Crippen molar-refractivity contribution in [3.05, 3.63) is 16.9 Å². The van der Waals surface area contributed by atoms with Gasteiger partial charge in [0, 0.05) is 6.54 Å². The third-order valence-corrected chi connectivity index (χ3v) is 2.09. The Balaban J connectivity index is 3.09. The van der Waals surface area contributed by atoms with Crippen molar-refractivity contribution in [3.63, 3.8) is 0 Å². The standard InChI is InChI=1S/C9H15ClN2O/c1-4-5-12-8(9(2,3)13)7(10)6-11-12/h6,13H,4-5H2,1-3H3. The van der Waals surface area contributed by atoms with Gasteiger partial charge in [-0.2, -0.15) is 5.10 Å². The highest BCUT2D eigenvalue weighted by molar-refractivity contribution is 6.31. The first-order valence-corrected chi connectivity index (χ1v) is 4.78. The Morgan fingerprint density at radius 3 is 2.69 bits per heavy atom. The highest BCUT2D eigenvalue weighted by Gasteiger charge is 2.24. The molecule has 74 valence electrons. The summed E-state index contributed by atoms with van der Waals surface area (Å²) in [6, 6.07) is 0. The zero-order valence-electron chi connectivity index (χ0n) is 8.21. The smallest absolute Gasteiger partial charge is 0.102 e. The molecule has 3 nitrogen and oxygen atoms in total. The fraction of sp³-hybridized carbons (Fsp3) is 0.667. The van der Waals surface area contributed by atoms with Crippen LogP contribution in [0.15, 0.2) is 6.20 Å². The van der Waals surface area contributed by atoms with E-state index in [1.54, 1.807) is 24.7 Å². The number of hydrogen-bond acceptors (Lipinski definition) is 2. The van der Waals surface area contributed by atoms with E-state index in [9.17, 15) is 5.11 Å². The number of nitrogens with zero attached hydrogens (tertiary/aromatic N) is 2. The van der Waals surface area contributed by atoms with Crippen molar-refractivity contribution < 1.29 is 5.11 Å². The van der Waals surface area contributed by atoms with E-state index < -0.39 is 5.60 Å². The predicted molar refractivity (Wildman–Crippen MR) is 52.8 cm³/mol. The molecule has 1 heterocycles. The third-order valence-electron chi connectivity index (χ3n) is 1.81. The molecule has 0 aliphatic heterocycles. The lowest BCUT2D eigenvalue weighted by Gasteiger charge is -2.19. The molecule has 4 heteroatoms. The summed E-state index contributed by atoms with van der Waals surface area (Å²) in [6.45, 7) is 6.26. The minimum atomic E-state index is -0.928. The summed E-state index contributed by atoms with van der Waals surface area (Å²) in [5.74, 6) is 0. The second kappa shape index (κ2) is 3.68. The number of rotatable bonds is 3. The van der Waals surface area contributed by atoms with Crippen molar-refractivity contribution in [1.29, 1.82) is 0 Å². The molecular formula is C9H15ClN2O. The van der Waals surface area contributed by atoms with Gasteiger partial charge in [-0.1, -0.05) is 18.5 Å². The molecule has 0 fully saturated rings. The van der Waals surface area contributed by atoms with Gasteiger partial charge in [-0.25, -0.2) is 0 Å². The lowest BCUT2D eigenvalue weighted by Crippen LogP contribution is -2.22. The second-order valence-electron chi connectivity index (χ2n) is 3.62. The van der Waals surface area contributed by atoms with Gasteiger partial charge < -0.3 is 5.11 Å². The second-order valence-corrected chi connectivity index (χ2v) is 4.03. The molecule has 13 heavy (non-hydrogen) atoms. The molecule has 1 aromatic rings. The lowest BCUT2D eigenvalue weighted by molar-refractivity contribution is 0.0683. The van der Waals surface area contributed by atoms with Gasteiger partial charge in [-0.3, -0.25) is 4.68 Å². The van der Waals surface area contributed by atoms with E-state index in [2.05, 4.69) is 12.0 Å². The van der Waals surface area contributed by atoms with Gasteiger partial charge in [-0.05, 0) is 20.3 Å². The van der Waals surface area contributed by atoms with Crippen LogP contribution in [0.3, 0.4) is 0 Å².